The minimum Gasteiger partial charge on any atom is -0.310 e. The number of nitrogens with zero attached hydrogens (tertiary/aromatic N) is 2. The van der Waals surface area contributed by atoms with E-state index < -0.39 is 0 Å². The molecule has 0 amide bonds. The van der Waals surface area contributed by atoms with E-state index in [0.717, 1.165) is 28.4 Å². The Morgan fingerprint density at radius 1 is 0.486 bits per heavy atom. The van der Waals surface area contributed by atoms with Crippen molar-refractivity contribution in [2.24, 2.45) is 0 Å². The Morgan fingerprint density at radius 2 is 0.986 bits per heavy atom. The van der Waals surface area contributed by atoms with E-state index in [1.807, 2.05) is 12.2 Å². The molecule has 0 aliphatic heterocycles. The van der Waals surface area contributed by atoms with Gasteiger partial charge in [-0.2, -0.15) is 0 Å². The summed E-state index contributed by atoms with van der Waals surface area (Å²) in [6.45, 7) is 33.5. The lowest BCUT2D eigenvalue weighted by Gasteiger charge is -2.31. The Morgan fingerprint density at radius 3 is 1.56 bits per heavy atom. The smallest absolute Gasteiger partial charge is 0.0543 e. The Kier molecular flexibility index (Phi) is 12.5. The zero-order valence-electron chi connectivity index (χ0n) is 43.8. The van der Waals surface area contributed by atoms with Crippen molar-refractivity contribution in [3.8, 4) is 22.3 Å². The minimum atomic E-state index is -0.316. The van der Waals surface area contributed by atoms with E-state index in [4.69, 9.17) is 0 Å². The van der Waals surface area contributed by atoms with Crippen LogP contribution in [0.5, 0.6) is 0 Å². The molecule has 8 aromatic rings. The Hall–Kier alpha value is -7.16. The van der Waals surface area contributed by atoms with Gasteiger partial charge in [0.1, 0.15) is 0 Å². The van der Waals surface area contributed by atoms with Crippen LogP contribution >= 0.6 is 0 Å². The van der Waals surface area contributed by atoms with Crippen LogP contribution in [-0.4, -0.2) is 0 Å². The van der Waals surface area contributed by atoms with Crippen LogP contribution < -0.4 is 9.80 Å². The molecule has 0 N–H and O–H groups in total. The first-order valence-corrected chi connectivity index (χ1v) is 25.0. The molecule has 0 unspecified atom stereocenters. The molecular weight excluding hydrogens is 845 g/mol. The summed E-state index contributed by atoms with van der Waals surface area (Å²) in [5, 5.41) is 2.49. The normalized spacial score (nSPS) is 13.0. The van der Waals surface area contributed by atoms with Crippen molar-refractivity contribution in [1.82, 2.24) is 0 Å². The lowest BCUT2D eigenvalue weighted by atomic mass is 9.81. The summed E-state index contributed by atoms with van der Waals surface area (Å²) in [5.41, 5.74) is 24.5. The summed E-state index contributed by atoms with van der Waals surface area (Å²) in [7, 11) is 0. The number of allylic oxidation sites excluding steroid dienone is 5. The first kappa shape index (κ1) is 47.9. The molecule has 352 valence electrons. The third-order valence-electron chi connectivity index (χ3n) is 14.7. The highest BCUT2D eigenvalue weighted by molar-refractivity contribution is 6.10. The van der Waals surface area contributed by atoms with Gasteiger partial charge in [-0.05, 0) is 190 Å². The summed E-state index contributed by atoms with van der Waals surface area (Å²) < 4.78 is 0. The molecule has 0 radical (unpaired) electrons. The van der Waals surface area contributed by atoms with Gasteiger partial charge >= 0.3 is 0 Å². The molecule has 1 aliphatic rings. The van der Waals surface area contributed by atoms with Crippen LogP contribution in [0.1, 0.15) is 114 Å². The molecule has 0 saturated carbocycles. The van der Waals surface area contributed by atoms with E-state index >= 15 is 0 Å². The van der Waals surface area contributed by atoms with Crippen molar-refractivity contribution in [1.29, 1.82) is 0 Å². The molecule has 8 aromatic carbocycles. The van der Waals surface area contributed by atoms with Crippen molar-refractivity contribution >= 4 is 50.5 Å². The largest absolute Gasteiger partial charge is 0.310 e. The predicted octanol–water partition coefficient (Wildman–Crippen LogP) is 19.8. The van der Waals surface area contributed by atoms with E-state index in [1.54, 1.807) is 0 Å². The van der Waals surface area contributed by atoms with Crippen LogP contribution in [0.25, 0.3) is 38.6 Å². The molecule has 0 atom stereocenters. The zero-order chi connectivity index (χ0) is 49.9. The zero-order valence-corrected chi connectivity index (χ0v) is 43.8. The molecule has 2 heteroatoms. The van der Waals surface area contributed by atoms with Crippen LogP contribution in [0.3, 0.4) is 0 Å². The highest BCUT2D eigenvalue weighted by Crippen LogP contribution is 2.56. The number of benzene rings is 8. The van der Waals surface area contributed by atoms with Gasteiger partial charge in [0.15, 0.2) is 0 Å². The van der Waals surface area contributed by atoms with Crippen molar-refractivity contribution < 1.29 is 0 Å². The maximum Gasteiger partial charge on any atom is 0.0543 e. The van der Waals surface area contributed by atoms with Crippen molar-refractivity contribution in [2.75, 3.05) is 9.80 Å². The molecule has 0 fully saturated rings. The topological polar surface area (TPSA) is 6.48 Å². The number of aryl methyl sites for hydroxylation is 3. The average Bonchev–Trinajstić information content (AvgIpc) is 3.55. The van der Waals surface area contributed by atoms with Gasteiger partial charge < -0.3 is 9.80 Å². The second-order valence-corrected chi connectivity index (χ2v) is 22.3. The maximum absolute atomic E-state index is 3.94. The Balaban J connectivity index is 1.22. The fourth-order valence-electron chi connectivity index (χ4n) is 10.7. The monoisotopic (exact) mass is 915 g/mol. The molecule has 1 aliphatic carbocycles. The van der Waals surface area contributed by atoms with Gasteiger partial charge in [-0.1, -0.05) is 177 Å². The maximum atomic E-state index is 3.94. The van der Waals surface area contributed by atoms with Crippen LogP contribution in [0.2, 0.25) is 0 Å². The van der Waals surface area contributed by atoms with Crippen LogP contribution in [0.4, 0.5) is 34.1 Å². The van der Waals surface area contributed by atoms with Crippen molar-refractivity contribution in [2.45, 2.75) is 106 Å². The van der Waals surface area contributed by atoms with Gasteiger partial charge in [0.2, 0.25) is 0 Å². The molecular formula is C68H70N2. The molecule has 0 saturated heterocycles. The van der Waals surface area contributed by atoms with E-state index in [9.17, 15) is 0 Å². The SMILES string of the molecule is C=C/C=C\C(=C(C)C)c1ccc(N(c2ccc(C(C)(C)C)cc2)c2ccc3c(c2)C(C)(C)c2cc(N(c4ccc(C(C)(C)C)cc4)c4ccc(-c5ccccc5C)c(C)c4)c4ccccc4c2-3)cc1C. The number of anilines is 6. The van der Waals surface area contributed by atoms with Crippen molar-refractivity contribution in [3.05, 3.63) is 233 Å². The second kappa shape index (κ2) is 18.3. The molecule has 0 bridgehead atoms. The van der Waals surface area contributed by atoms with Gasteiger partial charge in [0, 0.05) is 39.2 Å². The Labute approximate surface area is 419 Å². The summed E-state index contributed by atoms with van der Waals surface area (Å²) in [5.74, 6) is 0. The van der Waals surface area contributed by atoms with E-state index in [1.165, 1.54) is 94.4 Å². The van der Waals surface area contributed by atoms with Crippen LogP contribution in [0.15, 0.2) is 188 Å². The van der Waals surface area contributed by atoms with E-state index in [-0.39, 0.29) is 16.2 Å². The number of hydrogen-bond acceptors (Lipinski definition) is 2. The summed E-state index contributed by atoms with van der Waals surface area (Å²) in [6, 6.07) is 59.8. The standard InChI is InChI=1S/C68H70N2/c1-15-16-22-55(44(2)3)57-37-34-52(40-46(57)5)69(50-30-26-48(27-31-50)66(7,8)9)54-36-39-61-62(42-54)68(13,14)63-43-64(59-24-19-20-25-60(59)65(61)63)70(51-32-28-49(29-33-51)67(10,11)12)53-35-38-58(47(6)41-53)56-23-18-17-21-45(56)4/h15-43H,1H2,2-14H3/b22-16-. The molecule has 0 spiro atoms. The summed E-state index contributed by atoms with van der Waals surface area (Å²) in [4.78, 5) is 4.94. The highest BCUT2D eigenvalue weighted by atomic mass is 15.1. The lowest BCUT2D eigenvalue weighted by molar-refractivity contribution is 0.590. The molecule has 9 rings (SSSR count). The number of fused-ring (bicyclic) bond motifs is 5. The molecule has 70 heavy (non-hydrogen) atoms. The first-order chi connectivity index (χ1) is 33.3. The van der Waals surface area contributed by atoms with Gasteiger partial charge in [-0.3, -0.25) is 0 Å². The second-order valence-electron chi connectivity index (χ2n) is 22.3. The minimum absolute atomic E-state index is 0.0375. The van der Waals surface area contributed by atoms with Crippen LogP contribution in [-0.2, 0) is 16.2 Å². The number of hydrogen-bond donors (Lipinski definition) is 0. The van der Waals surface area contributed by atoms with Gasteiger partial charge in [0.25, 0.3) is 0 Å². The fourth-order valence-corrected chi connectivity index (χ4v) is 10.7. The third-order valence-corrected chi connectivity index (χ3v) is 14.7. The average molecular weight is 915 g/mol. The van der Waals surface area contributed by atoms with Crippen LogP contribution in [0, 0.1) is 20.8 Å². The molecule has 0 heterocycles. The molecule has 0 aromatic heterocycles. The quantitative estimate of drug-likeness (QED) is 0.126. The predicted molar refractivity (Wildman–Crippen MR) is 306 cm³/mol. The van der Waals surface area contributed by atoms with E-state index in [0.29, 0.717) is 0 Å². The summed E-state index contributed by atoms with van der Waals surface area (Å²) in [6.07, 6.45) is 6.05. The third kappa shape index (κ3) is 8.74. The fraction of sp³-hybridized carbons (Fsp3) is 0.235. The molecule has 2 nitrogen and oxygen atoms in total. The first-order valence-electron chi connectivity index (χ1n) is 25.0. The van der Waals surface area contributed by atoms with E-state index in [2.05, 4.69) is 270 Å². The van der Waals surface area contributed by atoms with Gasteiger partial charge in [0.05, 0.1) is 5.69 Å². The van der Waals surface area contributed by atoms with Gasteiger partial charge in [-0.25, -0.2) is 0 Å². The van der Waals surface area contributed by atoms with Gasteiger partial charge in [-0.15, -0.1) is 0 Å². The highest BCUT2D eigenvalue weighted by Gasteiger charge is 2.39. The summed E-state index contributed by atoms with van der Waals surface area (Å²) >= 11 is 0. The lowest BCUT2D eigenvalue weighted by Crippen LogP contribution is -2.18. The number of rotatable bonds is 10. The Bertz CT molecular complexity index is 3350. The van der Waals surface area contributed by atoms with Crippen molar-refractivity contribution in [3.63, 3.8) is 0 Å².